The van der Waals surface area contributed by atoms with E-state index in [1.54, 1.807) is 4.68 Å². The van der Waals surface area contributed by atoms with Gasteiger partial charge in [0.05, 0.1) is 12.1 Å². The topological polar surface area (TPSA) is 89.9 Å². The molecule has 158 valence electrons. The van der Waals surface area contributed by atoms with Gasteiger partial charge in [-0.15, -0.1) is 5.10 Å². The molecule has 1 amide bonds. The Kier molecular flexibility index (Phi) is 5.50. The van der Waals surface area contributed by atoms with Crippen molar-refractivity contribution in [3.8, 4) is 22.8 Å². The Morgan fingerprint density at radius 3 is 2.61 bits per heavy atom. The highest BCUT2D eigenvalue weighted by Gasteiger charge is 2.17. The molecule has 1 aliphatic rings. The van der Waals surface area contributed by atoms with Crippen molar-refractivity contribution in [1.29, 1.82) is 0 Å². The summed E-state index contributed by atoms with van der Waals surface area (Å²) in [6.07, 6.45) is 3.84. The number of carbonyl (C=O) groups excluding carboxylic acids is 1. The van der Waals surface area contributed by atoms with Gasteiger partial charge in [0.2, 0.25) is 11.7 Å². The fraction of sp³-hybridized carbons (Fsp3) is 0.318. The van der Waals surface area contributed by atoms with E-state index in [9.17, 15) is 4.79 Å². The Morgan fingerprint density at radius 1 is 1.03 bits per heavy atom. The van der Waals surface area contributed by atoms with Crippen LogP contribution >= 0.6 is 15.9 Å². The molecule has 4 aromatic rings. The van der Waals surface area contributed by atoms with Gasteiger partial charge in [-0.3, -0.25) is 4.79 Å². The molecule has 5 rings (SSSR count). The molecule has 1 aliphatic heterocycles. The monoisotopic (exact) mass is 480 g/mol. The Balaban J connectivity index is 1.31. The number of likely N-dealkylation sites (tertiary alicyclic amines) is 1. The zero-order valence-electron chi connectivity index (χ0n) is 16.9. The molecular weight excluding hydrogens is 460 g/mol. The number of nitrogens with zero attached hydrogens (tertiary/aromatic N) is 6. The van der Waals surface area contributed by atoms with Gasteiger partial charge >= 0.3 is 0 Å². The summed E-state index contributed by atoms with van der Waals surface area (Å²) in [4.78, 5) is 18.9. The predicted octanol–water partition coefficient (Wildman–Crippen LogP) is 4.31. The van der Waals surface area contributed by atoms with Gasteiger partial charge in [0.1, 0.15) is 5.52 Å². The van der Waals surface area contributed by atoms with Gasteiger partial charge < -0.3 is 9.42 Å². The fourth-order valence-electron chi connectivity index (χ4n) is 3.83. The second-order valence-corrected chi connectivity index (χ2v) is 8.55. The summed E-state index contributed by atoms with van der Waals surface area (Å²) in [7, 11) is 0. The average molecular weight is 481 g/mol. The molecule has 0 spiro atoms. The molecule has 3 heterocycles. The van der Waals surface area contributed by atoms with E-state index in [1.165, 1.54) is 6.42 Å². The lowest BCUT2D eigenvalue weighted by Crippen LogP contribution is -2.36. The van der Waals surface area contributed by atoms with Crippen LogP contribution in [0.3, 0.4) is 0 Å². The van der Waals surface area contributed by atoms with Crippen molar-refractivity contribution in [2.45, 2.75) is 32.2 Å². The van der Waals surface area contributed by atoms with Crippen LogP contribution in [-0.4, -0.2) is 49.0 Å². The molecule has 0 bridgehead atoms. The summed E-state index contributed by atoms with van der Waals surface area (Å²) in [6.45, 7) is 2.25. The number of fused-ring (bicyclic) bond motifs is 1. The largest absolute Gasteiger partial charge is 0.343 e. The first-order valence-corrected chi connectivity index (χ1v) is 11.2. The summed E-state index contributed by atoms with van der Waals surface area (Å²) in [5, 5.41) is 12.6. The maximum absolute atomic E-state index is 12.4. The third-order valence-electron chi connectivity index (χ3n) is 5.54. The normalized spacial score (nSPS) is 14.3. The molecule has 0 saturated carbocycles. The first kappa shape index (κ1) is 19.9. The van der Waals surface area contributed by atoms with E-state index in [1.807, 2.05) is 47.4 Å². The highest BCUT2D eigenvalue weighted by molar-refractivity contribution is 9.10. The number of hydrogen-bond donors (Lipinski definition) is 0. The van der Waals surface area contributed by atoms with E-state index >= 15 is 0 Å². The van der Waals surface area contributed by atoms with E-state index in [0.717, 1.165) is 52.6 Å². The summed E-state index contributed by atoms with van der Waals surface area (Å²) in [5.74, 6) is 1.14. The molecule has 0 N–H and O–H groups in total. The third kappa shape index (κ3) is 4.23. The van der Waals surface area contributed by atoms with Crippen LogP contribution in [0.5, 0.6) is 0 Å². The summed E-state index contributed by atoms with van der Waals surface area (Å²) >= 11 is 3.42. The quantitative estimate of drug-likeness (QED) is 0.422. The second-order valence-electron chi connectivity index (χ2n) is 7.64. The van der Waals surface area contributed by atoms with E-state index in [0.29, 0.717) is 24.7 Å². The number of rotatable bonds is 5. The minimum Gasteiger partial charge on any atom is -0.343 e. The molecule has 9 heteroatoms. The molecule has 0 unspecified atom stereocenters. The van der Waals surface area contributed by atoms with Crippen molar-refractivity contribution in [3.63, 3.8) is 0 Å². The van der Waals surface area contributed by atoms with Crippen molar-refractivity contribution in [1.82, 2.24) is 30.0 Å². The Hall–Kier alpha value is -3.07. The first-order chi connectivity index (χ1) is 15.2. The lowest BCUT2D eigenvalue weighted by atomic mass is 10.1. The molecule has 1 fully saturated rings. The van der Waals surface area contributed by atoms with Crippen LogP contribution in [-0.2, 0) is 11.3 Å². The molecule has 0 radical (unpaired) electrons. The standard InChI is InChI=1S/C22H21BrN6O2/c23-17-7-4-15(5-8-17)22-24-21(26-31-22)16-6-9-19-18(14-16)25-27-29(19)13-10-20(30)28-11-2-1-3-12-28/h4-9,14H,1-3,10-13H2. The van der Waals surface area contributed by atoms with Gasteiger partial charge in [0, 0.05) is 35.1 Å². The maximum atomic E-state index is 12.4. The van der Waals surface area contributed by atoms with Crippen molar-refractivity contribution < 1.29 is 9.32 Å². The second kappa shape index (κ2) is 8.58. The molecule has 2 aromatic carbocycles. The Morgan fingerprint density at radius 2 is 1.81 bits per heavy atom. The van der Waals surface area contributed by atoms with Crippen LogP contribution in [0.2, 0.25) is 0 Å². The van der Waals surface area contributed by atoms with Crippen LogP contribution in [0, 0.1) is 0 Å². The molecule has 0 aliphatic carbocycles. The van der Waals surface area contributed by atoms with E-state index in [2.05, 4.69) is 36.4 Å². The van der Waals surface area contributed by atoms with Gasteiger partial charge in [-0.05, 0) is 61.7 Å². The molecule has 1 saturated heterocycles. The number of carbonyl (C=O) groups is 1. The number of amides is 1. The average Bonchev–Trinajstić information content (AvgIpc) is 3.46. The number of aromatic nitrogens is 5. The number of piperidine rings is 1. The smallest absolute Gasteiger partial charge is 0.258 e. The highest BCUT2D eigenvalue weighted by Crippen LogP contribution is 2.25. The fourth-order valence-corrected chi connectivity index (χ4v) is 4.09. The highest BCUT2D eigenvalue weighted by atomic mass is 79.9. The van der Waals surface area contributed by atoms with Crippen molar-refractivity contribution in [3.05, 3.63) is 46.9 Å². The van der Waals surface area contributed by atoms with Crippen LogP contribution in [0.15, 0.2) is 51.5 Å². The molecule has 0 atom stereocenters. The number of benzene rings is 2. The SMILES string of the molecule is O=C(CCn1nnc2cc(-c3noc(-c4ccc(Br)cc4)n3)ccc21)N1CCCCC1. The van der Waals surface area contributed by atoms with Crippen LogP contribution < -0.4 is 0 Å². The van der Waals surface area contributed by atoms with Gasteiger partial charge in [-0.2, -0.15) is 4.98 Å². The van der Waals surface area contributed by atoms with Gasteiger partial charge in [0.15, 0.2) is 0 Å². The Bertz CT molecular complexity index is 1210. The summed E-state index contributed by atoms with van der Waals surface area (Å²) in [6, 6.07) is 13.4. The van der Waals surface area contributed by atoms with E-state index < -0.39 is 0 Å². The number of aryl methyl sites for hydroxylation is 1. The van der Waals surface area contributed by atoms with Crippen LogP contribution in [0.25, 0.3) is 33.9 Å². The van der Waals surface area contributed by atoms with Crippen LogP contribution in [0.4, 0.5) is 0 Å². The zero-order valence-corrected chi connectivity index (χ0v) is 18.5. The van der Waals surface area contributed by atoms with Crippen molar-refractivity contribution >= 4 is 32.9 Å². The van der Waals surface area contributed by atoms with E-state index in [4.69, 9.17) is 4.52 Å². The van der Waals surface area contributed by atoms with Crippen LogP contribution in [0.1, 0.15) is 25.7 Å². The lowest BCUT2D eigenvalue weighted by molar-refractivity contribution is -0.132. The van der Waals surface area contributed by atoms with Crippen molar-refractivity contribution in [2.24, 2.45) is 0 Å². The first-order valence-electron chi connectivity index (χ1n) is 10.4. The molecule has 2 aromatic heterocycles. The minimum atomic E-state index is 0.187. The number of halogens is 1. The van der Waals surface area contributed by atoms with Gasteiger partial charge in [0.25, 0.3) is 5.89 Å². The summed E-state index contributed by atoms with van der Waals surface area (Å²) in [5.41, 5.74) is 3.27. The van der Waals surface area contributed by atoms with Crippen molar-refractivity contribution in [2.75, 3.05) is 13.1 Å². The molecule has 31 heavy (non-hydrogen) atoms. The minimum absolute atomic E-state index is 0.187. The molecular formula is C22H21BrN6O2. The third-order valence-corrected chi connectivity index (χ3v) is 6.06. The Labute approximate surface area is 187 Å². The zero-order chi connectivity index (χ0) is 21.2. The van der Waals surface area contributed by atoms with Gasteiger partial charge in [-0.25, -0.2) is 4.68 Å². The maximum Gasteiger partial charge on any atom is 0.258 e. The lowest BCUT2D eigenvalue weighted by Gasteiger charge is -2.26. The predicted molar refractivity (Wildman–Crippen MR) is 119 cm³/mol. The number of hydrogen-bond acceptors (Lipinski definition) is 6. The molecule has 8 nitrogen and oxygen atoms in total. The van der Waals surface area contributed by atoms with E-state index in [-0.39, 0.29) is 5.91 Å². The summed E-state index contributed by atoms with van der Waals surface area (Å²) < 4.78 is 8.20. The van der Waals surface area contributed by atoms with Gasteiger partial charge in [-0.1, -0.05) is 26.3 Å².